The number of pyridine rings is 2. The maximum absolute atomic E-state index is 5.93. The van der Waals surface area contributed by atoms with Gasteiger partial charge in [-0.25, -0.2) is 0 Å². The molecule has 2 aromatic heterocycles. The van der Waals surface area contributed by atoms with Crippen molar-refractivity contribution in [2.45, 2.75) is 13.0 Å². The summed E-state index contributed by atoms with van der Waals surface area (Å²) in [7, 11) is 3.72. The zero-order chi connectivity index (χ0) is 17.9. The number of fused-ring (bicyclic) bond motifs is 1. The molecular weight excluding hydrogens is 326 g/mol. The first-order chi connectivity index (χ1) is 12.7. The fourth-order valence-electron chi connectivity index (χ4n) is 3.14. The highest BCUT2D eigenvalue weighted by Gasteiger charge is 2.28. The van der Waals surface area contributed by atoms with Gasteiger partial charge in [-0.15, -0.1) is 0 Å². The first kappa shape index (κ1) is 16.3. The van der Waals surface area contributed by atoms with Crippen LogP contribution in [0.25, 0.3) is 0 Å². The third-order valence-corrected chi connectivity index (χ3v) is 4.60. The SMILES string of the molecule is COc1ccc(COc2ccc3c(c2)[N+](C)=C(c2cccnc2)C3)nc1. The highest BCUT2D eigenvalue weighted by atomic mass is 16.5. The highest BCUT2D eigenvalue weighted by Crippen LogP contribution is 2.31. The van der Waals surface area contributed by atoms with E-state index in [2.05, 4.69) is 39.8 Å². The maximum atomic E-state index is 5.93. The second-order valence-electron chi connectivity index (χ2n) is 6.19. The molecule has 5 nitrogen and oxygen atoms in total. The normalized spacial score (nSPS) is 12.8. The highest BCUT2D eigenvalue weighted by molar-refractivity contribution is 6.01. The van der Waals surface area contributed by atoms with Gasteiger partial charge >= 0.3 is 0 Å². The Kier molecular flexibility index (Phi) is 4.35. The summed E-state index contributed by atoms with van der Waals surface area (Å²) in [5.74, 6) is 1.58. The lowest BCUT2D eigenvalue weighted by atomic mass is 10.1. The van der Waals surface area contributed by atoms with Crippen LogP contribution in [-0.2, 0) is 13.0 Å². The molecule has 1 aliphatic heterocycles. The lowest BCUT2D eigenvalue weighted by Gasteiger charge is -2.07. The van der Waals surface area contributed by atoms with E-state index in [0.29, 0.717) is 6.61 Å². The van der Waals surface area contributed by atoms with Crippen molar-refractivity contribution in [3.05, 3.63) is 77.9 Å². The Morgan fingerprint density at radius 3 is 2.69 bits per heavy atom. The Balaban J connectivity index is 1.52. The third-order valence-electron chi connectivity index (χ3n) is 4.60. The van der Waals surface area contributed by atoms with Crippen LogP contribution in [0.15, 0.2) is 61.1 Å². The van der Waals surface area contributed by atoms with Crippen LogP contribution in [-0.4, -0.2) is 34.4 Å². The predicted molar refractivity (Wildman–Crippen MR) is 99.5 cm³/mol. The summed E-state index contributed by atoms with van der Waals surface area (Å²) in [5.41, 5.74) is 5.73. The lowest BCUT2D eigenvalue weighted by Crippen LogP contribution is -2.10. The van der Waals surface area contributed by atoms with E-state index in [1.165, 1.54) is 17.0 Å². The van der Waals surface area contributed by atoms with Gasteiger partial charge in [0.2, 0.25) is 5.69 Å². The fraction of sp³-hybridized carbons (Fsp3) is 0.190. The summed E-state index contributed by atoms with van der Waals surface area (Å²) < 4.78 is 13.3. The molecule has 3 aromatic rings. The van der Waals surface area contributed by atoms with Crippen LogP contribution in [0.5, 0.6) is 11.5 Å². The molecule has 130 valence electrons. The summed E-state index contributed by atoms with van der Waals surface area (Å²) in [6, 6.07) is 14.1. The van der Waals surface area contributed by atoms with Crippen LogP contribution in [0.4, 0.5) is 5.69 Å². The van der Waals surface area contributed by atoms with Gasteiger partial charge in [0, 0.05) is 18.0 Å². The Labute approximate surface area is 152 Å². The van der Waals surface area contributed by atoms with Crippen molar-refractivity contribution in [2.24, 2.45) is 0 Å². The van der Waals surface area contributed by atoms with Crippen molar-refractivity contribution in [3.8, 4) is 11.5 Å². The van der Waals surface area contributed by atoms with Crippen LogP contribution in [0.1, 0.15) is 16.8 Å². The van der Waals surface area contributed by atoms with Crippen LogP contribution in [0.3, 0.4) is 0 Å². The Bertz CT molecular complexity index is 951. The topological polar surface area (TPSA) is 47.2 Å². The van der Waals surface area contributed by atoms with Crippen molar-refractivity contribution < 1.29 is 14.0 Å². The molecule has 0 bridgehead atoms. The van der Waals surface area contributed by atoms with Gasteiger partial charge < -0.3 is 9.47 Å². The van der Waals surface area contributed by atoms with Crippen LogP contribution in [0, 0.1) is 0 Å². The van der Waals surface area contributed by atoms with Gasteiger partial charge in [0.15, 0.2) is 5.71 Å². The molecule has 1 aromatic carbocycles. The summed E-state index contributed by atoms with van der Waals surface area (Å²) in [6.45, 7) is 0.422. The van der Waals surface area contributed by atoms with Gasteiger partial charge in [0.1, 0.15) is 25.2 Å². The first-order valence-electron chi connectivity index (χ1n) is 8.49. The van der Waals surface area contributed by atoms with Crippen molar-refractivity contribution in [2.75, 3.05) is 14.2 Å². The molecular formula is C21H20N3O2+. The Hall–Kier alpha value is -3.21. The third kappa shape index (κ3) is 3.16. The Morgan fingerprint density at radius 1 is 1.08 bits per heavy atom. The van der Waals surface area contributed by atoms with Gasteiger partial charge in [-0.3, -0.25) is 9.97 Å². The van der Waals surface area contributed by atoms with Crippen molar-refractivity contribution in [3.63, 3.8) is 0 Å². The molecule has 4 rings (SSSR count). The minimum Gasteiger partial charge on any atom is -0.495 e. The zero-order valence-corrected chi connectivity index (χ0v) is 14.8. The van der Waals surface area contributed by atoms with E-state index in [0.717, 1.165) is 29.2 Å². The molecule has 1 aliphatic rings. The number of aromatic nitrogens is 2. The summed E-state index contributed by atoms with van der Waals surface area (Å²) in [6.07, 6.45) is 6.30. The Morgan fingerprint density at radius 2 is 1.96 bits per heavy atom. The first-order valence-corrected chi connectivity index (χ1v) is 8.49. The summed E-state index contributed by atoms with van der Waals surface area (Å²) >= 11 is 0. The van der Waals surface area contributed by atoms with Gasteiger partial charge in [0.05, 0.1) is 37.1 Å². The molecule has 5 heteroatoms. The second kappa shape index (κ2) is 6.96. The van der Waals surface area contributed by atoms with Crippen molar-refractivity contribution >= 4 is 11.4 Å². The number of nitrogens with zero attached hydrogens (tertiary/aromatic N) is 3. The molecule has 0 amide bonds. The van der Waals surface area contributed by atoms with E-state index >= 15 is 0 Å². The molecule has 0 N–H and O–H groups in total. The zero-order valence-electron chi connectivity index (χ0n) is 14.8. The van der Waals surface area contributed by atoms with E-state index in [1.54, 1.807) is 19.5 Å². The largest absolute Gasteiger partial charge is 0.495 e. The molecule has 0 unspecified atom stereocenters. The molecule has 0 spiro atoms. The number of methoxy groups -OCH3 is 1. The van der Waals surface area contributed by atoms with E-state index in [9.17, 15) is 0 Å². The van der Waals surface area contributed by atoms with Crippen LogP contribution in [0.2, 0.25) is 0 Å². The van der Waals surface area contributed by atoms with Crippen molar-refractivity contribution in [1.29, 1.82) is 0 Å². The van der Waals surface area contributed by atoms with Gasteiger partial charge in [-0.1, -0.05) is 0 Å². The average molecular weight is 346 g/mol. The number of benzene rings is 1. The minimum atomic E-state index is 0.422. The lowest BCUT2D eigenvalue weighted by molar-refractivity contribution is -0.401. The summed E-state index contributed by atoms with van der Waals surface area (Å²) in [4.78, 5) is 8.56. The van der Waals surface area contributed by atoms with Gasteiger partial charge in [0.25, 0.3) is 0 Å². The quantitative estimate of drug-likeness (QED) is 0.665. The second-order valence-corrected chi connectivity index (χ2v) is 6.19. The molecule has 0 saturated carbocycles. The van der Waals surface area contributed by atoms with E-state index < -0.39 is 0 Å². The molecule has 0 fully saturated rings. The molecule has 26 heavy (non-hydrogen) atoms. The number of rotatable bonds is 5. The van der Waals surface area contributed by atoms with Crippen LogP contribution < -0.4 is 9.47 Å². The van der Waals surface area contributed by atoms with Gasteiger partial charge in [-0.2, -0.15) is 4.58 Å². The number of hydrogen-bond acceptors (Lipinski definition) is 4. The standard InChI is InChI=1S/C21H20N3O2/c1-24-20(16-4-3-9-22-12-16)10-15-5-7-18(11-21(15)24)26-14-17-6-8-19(25-2)13-23-17/h3-9,11-13H,10,14H2,1-2H3/q+1. The van der Waals surface area contributed by atoms with E-state index in [1.807, 2.05) is 30.5 Å². The smallest absolute Gasteiger partial charge is 0.212 e. The van der Waals surface area contributed by atoms with E-state index in [4.69, 9.17) is 9.47 Å². The number of ether oxygens (including phenoxy) is 2. The molecule has 0 atom stereocenters. The fourth-order valence-corrected chi connectivity index (χ4v) is 3.14. The molecule has 0 saturated heterocycles. The minimum absolute atomic E-state index is 0.422. The predicted octanol–water partition coefficient (Wildman–Crippen LogP) is 3.38. The van der Waals surface area contributed by atoms with Crippen molar-refractivity contribution in [1.82, 2.24) is 9.97 Å². The maximum Gasteiger partial charge on any atom is 0.212 e. The average Bonchev–Trinajstić information content (AvgIpc) is 3.03. The van der Waals surface area contributed by atoms with Crippen LogP contribution >= 0.6 is 0 Å². The number of hydrogen-bond donors (Lipinski definition) is 0. The molecule has 0 aliphatic carbocycles. The van der Waals surface area contributed by atoms with Gasteiger partial charge in [-0.05, 0) is 36.4 Å². The molecule has 3 heterocycles. The van der Waals surface area contributed by atoms with E-state index in [-0.39, 0.29) is 0 Å². The summed E-state index contributed by atoms with van der Waals surface area (Å²) in [5, 5.41) is 0. The monoisotopic (exact) mass is 346 g/mol. The molecule has 0 radical (unpaired) electrons.